The summed E-state index contributed by atoms with van der Waals surface area (Å²) >= 11 is 5.51. The average molecular weight is 626 g/mol. The number of hydrogen-bond donors (Lipinski definition) is 4. The lowest BCUT2D eigenvalue weighted by molar-refractivity contribution is 0.0664. The molecule has 1 aliphatic heterocycles. The number of aromatic nitrogens is 3. The molecule has 1 aliphatic rings. The van der Waals surface area contributed by atoms with Crippen molar-refractivity contribution in [2.45, 2.75) is 6.54 Å². The van der Waals surface area contributed by atoms with E-state index in [4.69, 9.17) is 27.1 Å². The van der Waals surface area contributed by atoms with Gasteiger partial charge in [-0.05, 0) is 60.7 Å². The molecule has 0 atom stereocenters. The van der Waals surface area contributed by atoms with Gasteiger partial charge in [-0.2, -0.15) is 0 Å². The van der Waals surface area contributed by atoms with Crippen LogP contribution in [0.2, 0.25) is 0 Å². The lowest BCUT2D eigenvalue weighted by atomic mass is 10.0. The molecule has 0 bridgehead atoms. The van der Waals surface area contributed by atoms with Crippen molar-refractivity contribution in [3.8, 4) is 22.6 Å². The van der Waals surface area contributed by atoms with Gasteiger partial charge >= 0.3 is 0 Å². The van der Waals surface area contributed by atoms with Crippen LogP contribution in [0.3, 0.4) is 0 Å². The molecule has 0 saturated carbocycles. The van der Waals surface area contributed by atoms with Crippen LogP contribution < -0.4 is 20.3 Å². The highest BCUT2D eigenvalue weighted by atomic mass is 32.1. The Morgan fingerprint density at radius 3 is 2.29 bits per heavy atom. The predicted molar refractivity (Wildman–Crippen MR) is 176 cm³/mol. The van der Waals surface area contributed by atoms with E-state index in [0.29, 0.717) is 45.0 Å². The van der Waals surface area contributed by atoms with E-state index in [9.17, 15) is 9.59 Å². The zero-order valence-corrected chi connectivity index (χ0v) is 26.2. The summed E-state index contributed by atoms with van der Waals surface area (Å²) < 4.78 is 12.7. The summed E-state index contributed by atoms with van der Waals surface area (Å²) in [5.41, 5.74) is 4.79. The highest BCUT2D eigenvalue weighted by molar-refractivity contribution is 7.71. The Kier molecular flexibility index (Phi) is 8.42. The molecule has 0 unspecified atom stereocenters. The largest absolute Gasteiger partial charge is 0.493 e. The average Bonchev–Trinajstić information content (AvgIpc) is 3.49. The number of ether oxygens (including phenoxy) is 2. The third-order valence-corrected chi connectivity index (χ3v) is 8.60. The molecule has 2 aromatic heterocycles. The molecule has 12 heteroatoms. The van der Waals surface area contributed by atoms with Gasteiger partial charge in [-0.1, -0.05) is 24.3 Å². The van der Waals surface area contributed by atoms with Gasteiger partial charge in [-0.3, -0.25) is 15.0 Å². The maximum absolute atomic E-state index is 13.0. The number of likely N-dealkylation sites (N-methyl/N-ethyl adjacent to an activating group) is 1. The third-order valence-electron chi connectivity index (χ3n) is 8.28. The number of carbonyl (C=O) groups is 2. The Balaban J connectivity index is 1.12. The van der Waals surface area contributed by atoms with Gasteiger partial charge in [0.25, 0.3) is 11.8 Å². The van der Waals surface area contributed by atoms with Crippen LogP contribution in [-0.4, -0.2) is 90.1 Å². The molecule has 0 aliphatic carbocycles. The molecule has 1 fully saturated rings. The van der Waals surface area contributed by atoms with E-state index in [1.807, 2.05) is 53.4 Å². The molecule has 3 heterocycles. The van der Waals surface area contributed by atoms with Crippen LogP contribution in [0.25, 0.3) is 32.9 Å². The Labute approximate surface area is 264 Å². The first-order chi connectivity index (χ1) is 21.7. The maximum Gasteiger partial charge on any atom is 0.267 e. The van der Waals surface area contributed by atoms with Crippen molar-refractivity contribution in [1.82, 2.24) is 29.7 Å². The number of carbonyl (C=O) groups excluding carboxylic acids is 2. The van der Waals surface area contributed by atoms with E-state index in [1.54, 1.807) is 30.9 Å². The smallest absolute Gasteiger partial charge is 0.267 e. The van der Waals surface area contributed by atoms with Crippen molar-refractivity contribution in [1.29, 1.82) is 5.41 Å². The highest BCUT2D eigenvalue weighted by Gasteiger charge is 2.20. The van der Waals surface area contributed by atoms with E-state index in [-0.39, 0.29) is 23.8 Å². The van der Waals surface area contributed by atoms with E-state index in [0.717, 1.165) is 48.2 Å². The van der Waals surface area contributed by atoms with E-state index >= 15 is 0 Å². The SMILES string of the molecule is COc1cc2[nH]c(=S)n(CCNC(=O)c3cc4ccc(-c5ccc(C(=O)N6CCN(C)CC6)cc5)cc4[nH]3)c(=N)c2cc1OC. The zero-order valence-electron chi connectivity index (χ0n) is 25.4. The molecule has 5 aromatic rings. The lowest BCUT2D eigenvalue weighted by Gasteiger charge is -2.32. The van der Waals surface area contributed by atoms with Crippen molar-refractivity contribution >= 4 is 45.8 Å². The Morgan fingerprint density at radius 2 is 1.58 bits per heavy atom. The van der Waals surface area contributed by atoms with Crippen molar-refractivity contribution in [3.05, 3.63) is 82.2 Å². The van der Waals surface area contributed by atoms with Crippen molar-refractivity contribution < 1.29 is 19.1 Å². The van der Waals surface area contributed by atoms with Crippen LogP contribution in [0.4, 0.5) is 0 Å². The maximum atomic E-state index is 13.0. The van der Waals surface area contributed by atoms with Crippen LogP contribution in [0.5, 0.6) is 11.5 Å². The van der Waals surface area contributed by atoms with Gasteiger partial charge in [0.2, 0.25) is 0 Å². The van der Waals surface area contributed by atoms with Crippen molar-refractivity contribution in [2.24, 2.45) is 0 Å². The minimum Gasteiger partial charge on any atom is -0.493 e. The van der Waals surface area contributed by atoms with Gasteiger partial charge in [0.1, 0.15) is 11.2 Å². The number of amides is 2. The summed E-state index contributed by atoms with van der Waals surface area (Å²) in [5, 5.41) is 13.2. The quantitative estimate of drug-likeness (QED) is 0.192. The number of benzene rings is 3. The summed E-state index contributed by atoms with van der Waals surface area (Å²) in [4.78, 5) is 36.5. The zero-order chi connectivity index (χ0) is 31.7. The second-order valence-corrected chi connectivity index (χ2v) is 11.5. The number of methoxy groups -OCH3 is 2. The number of nitrogens with zero attached hydrogens (tertiary/aromatic N) is 3. The van der Waals surface area contributed by atoms with Crippen LogP contribution in [0, 0.1) is 10.2 Å². The van der Waals surface area contributed by atoms with Crippen molar-refractivity contribution in [3.63, 3.8) is 0 Å². The van der Waals surface area contributed by atoms with Gasteiger partial charge in [0, 0.05) is 67.2 Å². The molecule has 3 aromatic carbocycles. The molecular formula is C33H35N7O4S. The molecule has 6 rings (SSSR count). The Bertz CT molecular complexity index is 2020. The molecule has 2 amide bonds. The second-order valence-electron chi connectivity index (χ2n) is 11.1. The van der Waals surface area contributed by atoms with Gasteiger partial charge in [-0.15, -0.1) is 0 Å². The third kappa shape index (κ3) is 6.06. The molecule has 232 valence electrons. The fraction of sp³-hybridized carbons (Fsp3) is 0.273. The molecule has 0 spiro atoms. The number of hydrogen-bond acceptors (Lipinski definition) is 7. The first-order valence-electron chi connectivity index (χ1n) is 14.7. The van der Waals surface area contributed by atoms with Crippen LogP contribution in [0.1, 0.15) is 20.8 Å². The monoisotopic (exact) mass is 625 g/mol. The molecular weight excluding hydrogens is 590 g/mol. The number of aromatic amines is 2. The number of fused-ring (bicyclic) bond motifs is 2. The van der Waals surface area contributed by atoms with Gasteiger partial charge in [-0.25, -0.2) is 0 Å². The first kappa shape index (κ1) is 30.1. The standard InChI is InChI=1S/C33H35N7O4S/c1-38-12-14-39(15-13-38)32(42)21-6-4-20(5-7-21)22-8-9-23-17-27(36-25(23)16-22)31(41)35-10-11-40-30(34)24-18-28(43-2)29(44-3)19-26(24)37-33(40)45/h4-9,16-19,34,36H,10-15H2,1-3H3,(H,35,41)(H,37,45). The summed E-state index contributed by atoms with van der Waals surface area (Å²) in [5.74, 6) is 0.857. The topological polar surface area (TPSA) is 131 Å². The fourth-order valence-electron chi connectivity index (χ4n) is 5.62. The summed E-state index contributed by atoms with van der Waals surface area (Å²) in [6.07, 6.45) is 0. The van der Waals surface area contributed by atoms with Crippen molar-refractivity contribution in [2.75, 3.05) is 54.0 Å². The van der Waals surface area contributed by atoms with Crippen LogP contribution in [0.15, 0.2) is 60.7 Å². The number of piperazine rings is 1. The minimum absolute atomic E-state index is 0.0612. The summed E-state index contributed by atoms with van der Waals surface area (Å²) in [6, 6.07) is 19.0. The Hall–Kier alpha value is -4.94. The van der Waals surface area contributed by atoms with Gasteiger partial charge < -0.3 is 39.1 Å². The van der Waals surface area contributed by atoms with E-state index in [2.05, 4.69) is 27.2 Å². The predicted octanol–water partition coefficient (Wildman–Crippen LogP) is 4.16. The molecule has 11 nitrogen and oxygen atoms in total. The number of H-pyrrole nitrogens is 2. The minimum atomic E-state index is -0.256. The molecule has 4 N–H and O–H groups in total. The Morgan fingerprint density at radius 1 is 0.889 bits per heavy atom. The normalized spacial score (nSPS) is 13.7. The van der Waals surface area contributed by atoms with Crippen LogP contribution >= 0.6 is 12.2 Å². The highest BCUT2D eigenvalue weighted by Crippen LogP contribution is 2.30. The van der Waals surface area contributed by atoms with Crippen LogP contribution in [-0.2, 0) is 6.54 Å². The molecule has 45 heavy (non-hydrogen) atoms. The lowest BCUT2D eigenvalue weighted by Crippen LogP contribution is -2.47. The summed E-state index contributed by atoms with van der Waals surface area (Å²) in [6.45, 7) is 3.83. The first-order valence-corrected chi connectivity index (χ1v) is 15.1. The second kappa shape index (κ2) is 12.6. The molecule has 1 saturated heterocycles. The van der Waals surface area contributed by atoms with Gasteiger partial charge in [0.15, 0.2) is 16.3 Å². The van der Waals surface area contributed by atoms with E-state index < -0.39 is 0 Å². The van der Waals surface area contributed by atoms with Gasteiger partial charge in [0.05, 0.1) is 19.7 Å². The number of rotatable bonds is 8. The summed E-state index contributed by atoms with van der Waals surface area (Å²) in [7, 11) is 5.17. The number of nitrogens with one attached hydrogen (secondary N) is 4. The fourth-order valence-corrected chi connectivity index (χ4v) is 5.92. The van der Waals surface area contributed by atoms with E-state index in [1.165, 1.54) is 0 Å². The molecule has 0 radical (unpaired) electrons.